The number of sulfonamides is 1. The van der Waals surface area contributed by atoms with Crippen molar-refractivity contribution in [1.82, 2.24) is 4.98 Å². The van der Waals surface area contributed by atoms with E-state index in [1.807, 2.05) is 0 Å². The molecule has 0 aliphatic rings. The minimum Gasteiger partial charge on any atom is -0.308 e. The smallest absolute Gasteiger partial charge is 0.262 e. The van der Waals surface area contributed by atoms with E-state index in [0.717, 1.165) is 12.1 Å². The maximum absolute atomic E-state index is 12.7. The zero-order valence-corrected chi connectivity index (χ0v) is 10.5. The maximum atomic E-state index is 12.7. The SMILES string of the molecule is NNc1cc(S(=O)(=O)Nc2ccc(F)cc2)ccn1. The summed E-state index contributed by atoms with van der Waals surface area (Å²) in [6, 6.07) is 7.60. The Bertz CT molecular complexity index is 673. The Morgan fingerprint density at radius 1 is 1.16 bits per heavy atom. The summed E-state index contributed by atoms with van der Waals surface area (Å²) in [6.07, 6.45) is 1.31. The molecule has 100 valence electrons. The van der Waals surface area contributed by atoms with E-state index in [1.165, 1.54) is 30.5 Å². The van der Waals surface area contributed by atoms with Gasteiger partial charge in [0.15, 0.2) is 0 Å². The molecule has 0 saturated heterocycles. The Hall–Kier alpha value is -2.19. The molecule has 8 heteroatoms. The van der Waals surface area contributed by atoms with Gasteiger partial charge in [0.25, 0.3) is 10.0 Å². The number of aromatic nitrogens is 1. The highest BCUT2D eigenvalue weighted by atomic mass is 32.2. The van der Waals surface area contributed by atoms with E-state index >= 15 is 0 Å². The zero-order chi connectivity index (χ0) is 13.9. The summed E-state index contributed by atoms with van der Waals surface area (Å²) in [5.74, 6) is 4.94. The van der Waals surface area contributed by atoms with E-state index in [1.54, 1.807) is 0 Å². The third-order valence-electron chi connectivity index (χ3n) is 2.29. The van der Waals surface area contributed by atoms with Crippen LogP contribution in [0.4, 0.5) is 15.9 Å². The van der Waals surface area contributed by atoms with Crippen molar-refractivity contribution in [2.45, 2.75) is 4.90 Å². The standard InChI is InChI=1S/C11H11FN4O2S/c12-8-1-3-9(4-2-8)16-19(17,18)10-5-6-14-11(7-10)15-13/h1-7,16H,13H2,(H,14,15). The summed E-state index contributed by atoms with van der Waals surface area (Å²) >= 11 is 0. The molecule has 0 aliphatic carbocycles. The van der Waals surface area contributed by atoms with Crippen LogP contribution in [0.3, 0.4) is 0 Å². The normalized spacial score (nSPS) is 11.1. The fourth-order valence-electron chi connectivity index (χ4n) is 1.39. The highest BCUT2D eigenvalue weighted by Gasteiger charge is 2.14. The lowest BCUT2D eigenvalue weighted by molar-refractivity contribution is 0.601. The summed E-state index contributed by atoms with van der Waals surface area (Å²) in [5.41, 5.74) is 2.52. The number of pyridine rings is 1. The molecule has 1 aromatic heterocycles. The van der Waals surface area contributed by atoms with Gasteiger partial charge in [-0.15, -0.1) is 0 Å². The first-order valence-electron chi connectivity index (χ1n) is 5.22. The number of nitrogen functional groups attached to an aromatic ring is 1. The molecule has 1 heterocycles. The van der Waals surface area contributed by atoms with Crippen LogP contribution in [0.5, 0.6) is 0 Å². The maximum Gasteiger partial charge on any atom is 0.262 e. The summed E-state index contributed by atoms with van der Waals surface area (Å²) in [4.78, 5) is 3.81. The van der Waals surface area contributed by atoms with Gasteiger partial charge in [0.05, 0.1) is 4.90 Å². The molecule has 0 atom stereocenters. The predicted octanol–water partition coefficient (Wildman–Crippen LogP) is 1.31. The lowest BCUT2D eigenvalue weighted by atomic mass is 10.3. The van der Waals surface area contributed by atoms with Crippen LogP contribution >= 0.6 is 0 Å². The second-order valence-corrected chi connectivity index (χ2v) is 5.32. The van der Waals surface area contributed by atoms with Crippen LogP contribution in [0.15, 0.2) is 47.5 Å². The number of nitrogens with zero attached hydrogens (tertiary/aromatic N) is 1. The third-order valence-corrected chi connectivity index (χ3v) is 3.66. The van der Waals surface area contributed by atoms with Gasteiger partial charge in [-0.3, -0.25) is 4.72 Å². The van der Waals surface area contributed by atoms with Gasteiger partial charge in [-0.1, -0.05) is 0 Å². The monoisotopic (exact) mass is 282 g/mol. The van der Waals surface area contributed by atoms with Crippen LogP contribution in [-0.4, -0.2) is 13.4 Å². The number of rotatable bonds is 4. The van der Waals surface area contributed by atoms with Crippen LogP contribution in [0.2, 0.25) is 0 Å². The van der Waals surface area contributed by atoms with Crippen molar-refractivity contribution in [2.24, 2.45) is 5.84 Å². The van der Waals surface area contributed by atoms with E-state index in [2.05, 4.69) is 15.1 Å². The van der Waals surface area contributed by atoms with Crippen LogP contribution in [0.25, 0.3) is 0 Å². The molecular weight excluding hydrogens is 271 g/mol. The molecule has 0 spiro atoms. The van der Waals surface area contributed by atoms with Crippen LogP contribution in [0, 0.1) is 5.82 Å². The first-order valence-corrected chi connectivity index (χ1v) is 6.70. The van der Waals surface area contributed by atoms with E-state index in [4.69, 9.17) is 5.84 Å². The molecule has 2 aromatic rings. The van der Waals surface area contributed by atoms with Gasteiger partial charge in [0.1, 0.15) is 11.6 Å². The van der Waals surface area contributed by atoms with E-state index in [9.17, 15) is 12.8 Å². The Morgan fingerprint density at radius 2 is 1.84 bits per heavy atom. The van der Waals surface area contributed by atoms with Gasteiger partial charge in [0, 0.05) is 18.0 Å². The lowest BCUT2D eigenvalue weighted by Gasteiger charge is -2.08. The number of nitrogens with two attached hydrogens (primary N) is 1. The zero-order valence-electron chi connectivity index (χ0n) is 9.67. The van der Waals surface area contributed by atoms with Crippen LogP contribution < -0.4 is 16.0 Å². The number of benzene rings is 1. The van der Waals surface area contributed by atoms with Gasteiger partial charge in [0.2, 0.25) is 0 Å². The van der Waals surface area contributed by atoms with Gasteiger partial charge < -0.3 is 5.43 Å². The molecule has 19 heavy (non-hydrogen) atoms. The van der Waals surface area contributed by atoms with Gasteiger partial charge in [-0.05, 0) is 30.3 Å². The molecule has 0 saturated carbocycles. The fraction of sp³-hybridized carbons (Fsp3) is 0. The molecule has 4 N–H and O–H groups in total. The van der Waals surface area contributed by atoms with Gasteiger partial charge >= 0.3 is 0 Å². The van der Waals surface area contributed by atoms with E-state index < -0.39 is 15.8 Å². The summed E-state index contributed by atoms with van der Waals surface area (Å²) in [6.45, 7) is 0. The fourth-order valence-corrected chi connectivity index (χ4v) is 2.46. The number of hydrogen-bond acceptors (Lipinski definition) is 5. The largest absolute Gasteiger partial charge is 0.308 e. The molecular formula is C11H11FN4O2S. The number of hydrogen-bond donors (Lipinski definition) is 3. The average Bonchev–Trinajstić information content (AvgIpc) is 2.41. The van der Waals surface area contributed by atoms with Crippen LogP contribution in [-0.2, 0) is 10.0 Å². The molecule has 6 nitrogen and oxygen atoms in total. The van der Waals surface area contributed by atoms with Gasteiger partial charge in [-0.2, -0.15) is 0 Å². The molecule has 0 amide bonds. The van der Waals surface area contributed by atoms with Crippen molar-refractivity contribution >= 4 is 21.5 Å². The summed E-state index contributed by atoms with van der Waals surface area (Å²) in [5, 5.41) is 0. The van der Waals surface area contributed by atoms with Crippen LogP contribution in [0.1, 0.15) is 0 Å². The Morgan fingerprint density at radius 3 is 2.47 bits per heavy atom. The Balaban J connectivity index is 2.29. The quantitative estimate of drug-likeness (QED) is 0.580. The molecule has 0 bridgehead atoms. The summed E-state index contributed by atoms with van der Waals surface area (Å²) in [7, 11) is -3.77. The van der Waals surface area contributed by atoms with E-state index in [0.29, 0.717) is 0 Å². The van der Waals surface area contributed by atoms with Gasteiger partial charge in [-0.25, -0.2) is 23.6 Å². The number of halogens is 1. The third kappa shape index (κ3) is 3.18. The van der Waals surface area contributed by atoms with Crippen molar-refractivity contribution in [1.29, 1.82) is 0 Å². The topological polar surface area (TPSA) is 97.1 Å². The molecule has 0 aliphatic heterocycles. The number of anilines is 2. The van der Waals surface area contributed by atoms with Crippen molar-refractivity contribution in [3.8, 4) is 0 Å². The first-order chi connectivity index (χ1) is 9.01. The van der Waals surface area contributed by atoms with E-state index in [-0.39, 0.29) is 16.4 Å². The number of nitrogens with one attached hydrogen (secondary N) is 2. The highest BCUT2D eigenvalue weighted by molar-refractivity contribution is 7.92. The van der Waals surface area contributed by atoms with Crippen molar-refractivity contribution in [3.05, 3.63) is 48.4 Å². The predicted molar refractivity (Wildman–Crippen MR) is 69.3 cm³/mol. The molecule has 0 radical (unpaired) electrons. The first kappa shape index (κ1) is 13.2. The second kappa shape index (κ2) is 5.21. The lowest BCUT2D eigenvalue weighted by Crippen LogP contribution is -2.14. The Labute approximate surface area is 109 Å². The number of hydrazine groups is 1. The molecule has 2 rings (SSSR count). The second-order valence-electron chi connectivity index (χ2n) is 3.63. The Kier molecular flexibility index (Phi) is 3.63. The molecule has 1 aromatic carbocycles. The molecule has 0 fully saturated rings. The minimum atomic E-state index is -3.77. The molecule has 0 unspecified atom stereocenters. The van der Waals surface area contributed by atoms with Crippen molar-refractivity contribution < 1.29 is 12.8 Å². The minimum absolute atomic E-state index is 0.000208. The average molecular weight is 282 g/mol. The highest BCUT2D eigenvalue weighted by Crippen LogP contribution is 2.17. The van der Waals surface area contributed by atoms with Crippen molar-refractivity contribution in [3.63, 3.8) is 0 Å². The van der Waals surface area contributed by atoms with Crippen molar-refractivity contribution in [2.75, 3.05) is 10.1 Å². The summed E-state index contributed by atoms with van der Waals surface area (Å²) < 4.78 is 39.2.